The smallest absolute Gasteiger partial charge is 0.275 e. The summed E-state index contributed by atoms with van der Waals surface area (Å²) in [5, 5.41) is 12.9. The highest BCUT2D eigenvalue weighted by Gasteiger charge is 2.24. The van der Waals surface area contributed by atoms with Gasteiger partial charge in [-0.15, -0.1) is 0 Å². The molecule has 0 saturated carbocycles. The van der Waals surface area contributed by atoms with Gasteiger partial charge < -0.3 is 24.6 Å². The molecule has 1 amide bonds. The number of para-hydroxylation sites is 2. The Morgan fingerprint density at radius 3 is 2.71 bits per heavy atom. The van der Waals surface area contributed by atoms with Crippen LogP contribution in [0.25, 0.3) is 0 Å². The van der Waals surface area contributed by atoms with E-state index < -0.39 is 0 Å². The quantitative estimate of drug-likeness (QED) is 0.750. The van der Waals surface area contributed by atoms with E-state index in [4.69, 9.17) is 4.42 Å². The van der Waals surface area contributed by atoms with Gasteiger partial charge in [0, 0.05) is 0 Å². The van der Waals surface area contributed by atoms with Gasteiger partial charge >= 0.3 is 0 Å². The molecule has 1 saturated heterocycles. The largest absolute Gasteiger partial charge is 0.506 e. The van der Waals surface area contributed by atoms with Crippen molar-refractivity contribution in [3.8, 4) is 5.75 Å². The molecule has 1 fully saturated rings. The first-order chi connectivity index (χ1) is 11.6. The van der Waals surface area contributed by atoms with Crippen LogP contribution in [0.3, 0.4) is 0 Å². The van der Waals surface area contributed by atoms with Crippen molar-refractivity contribution in [2.24, 2.45) is 0 Å². The number of phenolic OH excluding ortho intramolecular Hbond substituents is 1. The molecule has 0 spiro atoms. The van der Waals surface area contributed by atoms with Crippen LogP contribution >= 0.6 is 0 Å². The minimum Gasteiger partial charge on any atom is -0.506 e. The van der Waals surface area contributed by atoms with Crippen molar-refractivity contribution < 1.29 is 19.2 Å². The molecule has 1 aromatic heterocycles. The number of anilines is 1. The first-order valence-corrected chi connectivity index (χ1v) is 8.33. The fourth-order valence-electron chi connectivity index (χ4n) is 3.10. The van der Waals surface area contributed by atoms with Gasteiger partial charge in [-0.1, -0.05) is 12.1 Å². The van der Waals surface area contributed by atoms with E-state index in [1.165, 1.54) is 4.90 Å². The number of nitrogens with zero attached hydrogens (tertiary/aromatic N) is 1. The molecule has 2 heterocycles. The van der Waals surface area contributed by atoms with Gasteiger partial charge in [0.05, 0.1) is 44.2 Å². The Kier molecular flexibility index (Phi) is 5.05. The van der Waals surface area contributed by atoms with Gasteiger partial charge in [0.2, 0.25) is 0 Å². The zero-order valence-corrected chi connectivity index (χ0v) is 13.9. The maximum Gasteiger partial charge on any atom is 0.275 e. The SMILES string of the molecule is C[C@H](NC(=O)C[NH+]1CCN(c2ccccc2O)CC1)c1ccco1. The Bertz CT molecular complexity index is 664. The predicted molar refractivity (Wildman–Crippen MR) is 91.1 cm³/mol. The molecular formula is C18H24N3O3+. The van der Waals surface area contributed by atoms with Gasteiger partial charge in [0.15, 0.2) is 6.54 Å². The van der Waals surface area contributed by atoms with E-state index in [0.29, 0.717) is 12.3 Å². The Balaban J connectivity index is 1.47. The lowest BCUT2D eigenvalue weighted by molar-refractivity contribution is -0.892. The van der Waals surface area contributed by atoms with Gasteiger partial charge in [0.25, 0.3) is 5.91 Å². The number of phenols is 1. The number of aromatic hydroxyl groups is 1. The summed E-state index contributed by atoms with van der Waals surface area (Å²) in [5.41, 5.74) is 0.868. The van der Waals surface area contributed by atoms with E-state index in [9.17, 15) is 9.90 Å². The van der Waals surface area contributed by atoms with Crippen LogP contribution in [-0.2, 0) is 4.79 Å². The van der Waals surface area contributed by atoms with Crippen LogP contribution in [0.2, 0.25) is 0 Å². The number of rotatable bonds is 5. The van der Waals surface area contributed by atoms with Gasteiger partial charge in [0.1, 0.15) is 11.5 Å². The zero-order valence-electron chi connectivity index (χ0n) is 13.9. The van der Waals surface area contributed by atoms with Crippen LogP contribution < -0.4 is 15.1 Å². The Labute approximate surface area is 141 Å². The lowest BCUT2D eigenvalue weighted by atomic mass is 10.2. The molecule has 24 heavy (non-hydrogen) atoms. The monoisotopic (exact) mass is 330 g/mol. The highest BCUT2D eigenvalue weighted by Crippen LogP contribution is 2.25. The predicted octanol–water partition coefficient (Wildman–Crippen LogP) is 0.568. The number of furan rings is 1. The number of piperazine rings is 1. The van der Waals surface area contributed by atoms with Crippen molar-refractivity contribution in [3.05, 3.63) is 48.4 Å². The molecule has 6 nitrogen and oxygen atoms in total. The second-order valence-electron chi connectivity index (χ2n) is 6.21. The molecule has 0 radical (unpaired) electrons. The van der Waals surface area contributed by atoms with Crippen LogP contribution in [0, 0.1) is 0 Å². The maximum absolute atomic E-state index is 12.2. The molecule has 1 aliphatic heterocycles. The van der Waals surface area contributed by atoms with Gasteiger partial charge in [-0.25, -0.2) is 0 Å². The van der Waals surface area contributed by atoms with Crippen molar-refractivity contribution >= 4 is 11.6 Å². The number of nitrogens with one attached hydrogen (secondary N) is 2. The van der Waals surface area contributed by atoms with E-state index in [1.807, 2.05) is 37.3 Å². The molecule has 128 valence electrons. The standard InChI is InChI=1S/C18H23N3O3/c1-14(17-7-4-12-24-17)19-18(23)13-20-8-10-21(11-9-20)15-5-2-3-6-16(15)22/h2-7,12,14,22H,8-11,13H2,1H3,(H,19,23)/p+1/t14-/m0/s1. The first kappa shape index (κ1) is 16.4. The summed E-state index contributed by atoms with van der Waals surface area (Å²) < 4.78 is 5.31. The number of hydrogen-bond acceptors (Lipinski definition) is 4. The summed E-state index contributed by atoms with van der Waals surface area (Å²) in [6.45, 7) is 5.78. The van der Waals surface area contributed by atoms with Crippen molar-refractivity contribution in [3.63, 3.8) is 0 Å². The second-order valence-corrected chi connectivity index (χ2v) is 6.21. The van der Waals surface area contributed by atoms with Crippen LogP contribution in [0.1, 0.15) is 18.7 Å². The number of benzene rings is 1. The summed E-state index contributed by atoms with van der Waals surface area (Å²) >= 11 is 0. The molecule has 1 atom stereocenters. The Morgan fingerprint density at radius 2 is 2.04 bits per heavy atom. The molecule has 3 rings (SSSR count). The number of hydrogen-bond donors (Lipinski definition) is 3. The fraction of sp³-hybridized carbons (Fsp3) is 0.389. The van der Waals surface area contributed by atoms with Crippen molar-refractivity contribution in [2.45, 2.75) is 13.0 Å². The molecule has 2 aromatic rings. The summed E-state index contributed by atoms with van der Waals surface area (Å²) in [6.07, 6.45) is 1.61. The van der Waals surface area contributed by atoms with E-state index in [-0.39, 0.29) is 11.9 Å². The fourth-order valence-corrected chi connectivity index (χ4v) is 3.10. The third-order valence-electron chi connectivity index (χ3n) is 4.45. The third-order valence-corrected chi connectivity index (χ3v) is 4.45. The molecule has 0 unspecified atom stereocenters. The zero-order chi connectivity index (χ0) is 16.9. The Hall–Kier alpha value is -2.47. The van der Waals surface area contributed by atoms with Crippen molar-refractivity contribution in [2.75, 3.05) is 37.6 Å². The van der Waals surface area contributed by atoms with E-state index in [2.05, 4.69) is 10.2 Å². The van der Waals surface area contributed by atoms with Gasteiger partial charge in [-0.05, 0) is 31.2 Å². The highest BCUT2D eigenvalue weighted by atomic mass is 16.3. The molecule has 1 aromatic carbocycles. The van der Waals surface area contributed by atoms with Crippen LogP contribution in [0.15, 0.2) is 47.1 Å². The summed E-state index contributed by atoms with van der Waals surface area (Å²) in [4.78, 5) is 15.6. The molecule has 0 aliphatic carbocycles. The lowest BCUT2D eigenvalue weighted by Gasteiger charge is -2.33. The average Bonchev–Trinajstić information content (AvgIpc) is 3.11. The van der Waals surface area contributed by atoms with Crippen LogP contribution in [0.5, 0.6) is 5.75 Å². The molecule has 6 heteroatoms. The van der Waals surface area contributed by atoms with Crippen molar-refractivity contribution in [1.82, 2.24) is 5.32 Å². The average molecular weight is 330 g/mol. The van der Waals surface area contributed by atoms with Crippen LogP contribution in [-0.4, -0.2) is 43.7 Å². The number of carbonyl (C=O) groups excluding carboxylic acids is 1. The Morgan fingerprint density at radius 1 is 1.29 bits per heavy atom. The summed E-state index contributed by atoms with van der Waals surface area (Å²) in [6, 6.07) is 11.0. The van der Waals surface area contributed by atoms with Crippen LogP contribution in [0.4, 0.5) is 5.69 Å². The van der Waals surface area contributed by atoms with E-state index in [0.717, 1.165) is 37.6 Å². The first-order valence-electron chi connectivity index (χ1n) is 8.33. The van der Waals surface area contributed by atoms with Gasteiger partial charge in [-0.3, -0.25) is 4.79 Å². The van der Waals surface area contributed by atoms with E-state index >= 15 is 0 Å². The molecule has 1 aliphatic rings. The topological polar surface area (TPSA) is 70.2 Å². The molecule has 3 N–H and O–H groups in total. The minimum absolute atomic E-state index is 0.0323. The molecule has 0 bridgehead atoms. The summed E-state index contributed by atoms with van der Waals surface area (Å²) in [5.74, 6) is 1.11. The lowest BCUT2D eigenvalue weighted by Crippen LogP contribution is -3.15. The molecular weight excluding hydrogens is 306 g/mol. The van der Waals surface area contributed by atoms with Gasteiger partial charge in [-0.2, -0.15) is 0 Å². The number of amides is 1. The summed E-state index contributed by atoms with van der Waals surface area (Å²) in [7, 11) is 0. The normalized spacial score (nSPS) is 16.8. The van der Waals surface area contributed by atoms with E-state index in [1.54, 1.807) is 12.3 Å². The highest BCUT2D eigenvalue weighted by molar-refractivity contribution is 5.77. The maximum atomic E-state index is 12.2. The second kappa shape index (κ2) is 7.40. The third kappa shape index (κ3) is 3.89. The number of carbonyl (C=O) groups is 1. The van der Waals surface area contributed by atoms with Crippen molar-refractivity contribution in [1.29, 1.82) is 0 Å². The minimum atomic E-state index is -0.116. The number of quaternary nitrogens is 1.